The van der Waals surface area contributed by atoms with E-state index in [1.54, 1.807) is 6.08 Å². The van der Waals surface area contributed by atoms with E-state index in [-0.39, 0.29) is 51.3 Å². The second kappa shape index (κ2) is 6.89. The zero-order valence-electron chi connectivity index (χ0n) is 22.5. The monoisotopic (exact) mass is 482 g/mol. The molecule has 3 fully saturated rings. The van der Waals surface area contributed by atoms with Crippen LogP contribution in [0.3, 0.4) is 0 Å². The molecule has 35 heavy (non-hydrogen) atoms. The van der Waals surface area contributed by atoms with Crippen LogP contribution in [0, 0.1) is 50.2 Å². The first-order valence-corrected chi connectivity index (χ1v) is 13.4. The first-order chi connectivity index (χ1) is 16.0. The lowest BCUT2D eigenvalue weighted by molar-refractivity contribution is -0.173. The van der Waals surface area contributed by atoms with E-state index in [1.807, 2.05) is 26.8 Å². The van der Waals surface area contributed by atoms with Gasteiger partial charge in [0.2, 0.25) is 5.78 Å². The van der Waals surface area contributed by atoms with Gasteiger partial charge in [0.1, 0.15) is 0 Å². The highest BCUT2D eigenvalue weighted by molar-refractivity contribution is 6.00. The highest BCUT2D eigenvalue weighted by Gasteiger charge is 2.70. The van der Waals surface area contributed by atoms with E-state index >= 15 is 0 Å². The molecule has 0 bridgehead atoms. The molecule has 0 aromatic carbocycles. The summed E-state index contributed by atoms with van der Waals surface area (Å²) in [7, 11) is 0. The zero-order valence-corrected chi connectivity index (χ0v) is 22.5. The molecular formula is C30H42O5. The molecule has 0 unspecified atom stereocenters. The highest BCUT2D eigenvalue weighted by atomic mass is 16.4. The maximum Gasteiger partial charge on any atom is 0.309 e. The number of ketones is 2. The van der Waals surface area contributed by atoms with Crippen LogP contribution in [0.4, 0.5) is 0 Å². The summed E-state index contributed by atoms with van der Waals surface area (Å²) >= 11 is 0. The molecule has 0 heterocycles. The van der Waals surface area contributed by atoms with Gasteiger partial charge in [-0.3, -0.25) is 14.4 Å². The van der Waals surface area contributed by atoms with Gasteiger partial charge in [0.15, 0.2) is 11.5 Å². The summed E-state index contributed by atoms with van der Waals surface area (Å²) in [6.07, 6.45) is 9.43. The van der Waals surface area contributed by atoms with Crippen molar-refractivity contribution in [1.82, 2.24) is 0 Å². The quantitative estimate of drug-likeness (QED) is 0.459. The van der Waals surface area contributed by atoms with Gasteiger partial charge in [0.25, 0.3) is 0 Å². The first kappa shape index (κ1) is 24.8. The Kier molecular flexibility index (Phi) is 4.88. The van der Waals surface area contributed by atoms with E-state index in [9.17, 15) is 24.6 Å². The fourth-order valence-electron chi connectivity index (χ4n) is 9.86. The van der Waals surface area contributed by atoms with Gasteiger partial charge < -0.3 is 10.2 Å². The summed E-state index contributed by atoms with van der Waals surface area (Å²) < 4.78 is 0. The molecule has 5 rings (SSSR count). The van der Waals surface area contributed by atoms with Gasteiger partial charge in [0.05, 0.1) is 5.41 Å². The fourth-order valence-corrected chi connectivity index (χ4v) is 9.86. The minimum absolute atomic E-state index is 0.0159. The molecular weight excluding hydrogens is 440 g/mol. The summed E-state index contributed by atoms with van der Waals surface area (Å²) in [4.78, 5) is 39.3. The van der Waals surface area contributed by atoms with Crippen molar-refractivity contribution in [3.05, 3.63) is 23.5 Å². The lowest BCUT2D eigenvalue weighted by Crippen LogP contribution is -2.65. The van der Waals surface area contributed by atoms with Gasteiger partial charge in [0, 0.05) is 16.7 Å². The van der Waals surface area contributed by atoms with Crippen LogP contribution in [0.5, 0.6) is 0 Å². The molecule has 2 N–H and O–H groups in total. The van der Waals surface area contributed by atoms with Gasteiger partial charge in [-0.25, -0.2) is 0 Å². The van der Waals surface area contributed by atoms with Crippen LogP contribution in [0.25, 0.3) is 0 Å². The Morgan fingerprint density at radius 1 is 0.943 bits per heavy atom. The highest BCUT2D eigenvalue weighted by Crippen LogP contribution is 2.74. The van der Waals surface area contributed by atoms with Crippen LogP contribution in [-0.4, -0.2) is 27.7 Å². The Morgan fingerprint density at radius 3 is 2.20 bits per heavy atom. The number of hydrogen-bond donors (Lipinski definition) is 2. The third-order valence-electron chi connectivity index (χ3n) is 12.4. The van der Waals surface area contributed by atoms with Crippen LogP contribution < -0.4 is 0 Å². The second-order valence-corrected chi connectivity index (χ2v) is 14.5. The van der Waals surface area contributed by atoms with Crippen LogP contribution in [0.15, 0.2) is 23.5 Å². The lowest BCUT2D eigenvalue weighted by Gasteiger charge is -2.69. The Hall–Kier alpha value is -1.91. The molecule has 0 aromatic heterocycles. The molecule has 3 saturated carbocycles. The third-order valence-corrected chi connectivity index (χ3v) is 12.4. The average molecular weight is 483 g/mol. The maximum atomic E-state index is 14.2. The Morgan fingerprint density at radius 2 is 1.57 bits per heavy atom. The number of rotatable bonds is 1. The number of aliphatic carboxylic acids is 1. The second-order valence-electron chi connectivity index (χ2n) is 14.5. The van der Waals surface area contributed by atoms with Gasteiger partial charge in [-0.2, -0.15) is 0 Å². The third kappa shape index (κ3) is 2.84. The van der Waals surface area contributed by atoms with E-state index < -0.39 is 22.2 Å². The van der Waals surface area contributed by atoms with Gasteiger partial charge in [-0.1, -0.05) is 47.1 Å². The summed E-state index contributed by atoms with van der Waals surface area (Å²) in [5, 5.41) is 20.7. The molecule has 0 spiro atoms. The number of carboxylic acids is 1. The molecule has 0 saturated heterocycles. The van der Waals surface area contributed by atoms with Crippen molar-refractivity contribution in [2.45, 2.75) is 93.4 Å². The summed E-state index contributed by atoms with van der Waals surface area (Å²) in [6, 6.07) is 0. The first-order valence-electron chi connectivity index (χ1n) is 13.4. The number of fused-ring (bicyclic) bond motifs is 7. The number of carbonyl (C=O) groups is 3. The number of carbonyl (C=O) groups excluding carboxylic acids is 2. The van der Waals surface area contributed by atoms with Crippen LogP contribution in [-0.2, 0) is 14.4 Å². The predicted molar refractivity (Wildman–Crippen MR) is 134 cm³/mol. The van der Waals surface area contributed by atoms with Gasteiger partial charge in [-0.15, -0.1) is 0 Å². The fraction of sp³-hybridized carbons (Fsp3) is 0.767. The SMILES string of the molecule is CC1(C)C(=O)C(O)=C[C@]2(C)[C@H]3C(=O)C=C4[C@@H]5C[C@@](C)(C(=O)O)CC[C@]5(C)CC[C@@]4(C)[C@]3(C)CC[C@@H]12. The van der Waals surface area contributed by atoms with Crippen LogP contribution in [0.2, 0.25) is 0 Å². The molecule has 0 amide bonds. The average Bonchev–Trinajstić information content (AvgIpc) is 2.74. The number of allylic oxidation sites excluding steroid dienone is 4. The maximum absolute atomic E-state index is 14.2. The van der Waals surface area contributed by atoms with Crippen molar-refractivity contribution in [2.24, 2.45) is 50.2 Å². The number of carboxylic acid groups (broad SMARTS) is 1. The van der Waals surface area contributed by atoms with Gasteiger partial charge in [-0.05, 0) is 92.1 Å². The number of aliphatic hydroxyl groups is 1. The van der Waals surface area contributed by atoms with Crippen LogP contribution >= 0.6 is 0 Å². The van der Waals surface area contributed by atoms with Crippen molar-refractivity contribution in [2.75, 3.05) is 0 Å². The number of aliphatic hydroxyl groups excluding tert-OH is 1. The normalized spacial score (nSPS) is 50.7. The van der Waals surface area contributed by atoms with Crippen molar-refractivity contribution in [3.63, 3.8) is 0 Å². The minimum atomic E-state index is -0.768. The summed E-state index contributed by atoms with van der Waals surface area (Å²) in [6.45, 7) is 14.7. The predicted octanol–water partition coefficient (Wildman–Crippen LogP) is 6.28. The largest absolute Gasteiger partial charge is 0.505 e. The zero-order chi connectivity index (χ0) is 26.0. The van der Waals surface area contributed by atoms with Crippen molar-refractivity contribution in [3.8, 4) is 0 Å². The Labute approximate surface area is 209 Å². The molecule has 0 aromatic rings. The van der Waals surface area contributed by atoms with Crippen molar-refractivity contribution < 1.29 is 24.6 Å². The van der Waals surface area contributed by atoms with Gasteiger partial charge >= 0.3 is 5.97 Å². The van der Waals surface area contributed by atoms with E-state index in [0.29, 0.717) is 12.8 Å². The molecule has 8 atom stereocenters. The molecule has 0 radical (unpaired) electrons. The van der Waals surface area contributed by atoms with E-state index in [2.05, 4.69) is 27.7 Å². The molecule has 5 nitrogen and oxygen atoms in total. The minimum Gasteiger partial charge on any atom is -0.505 e. The van der Waals surface area contributed by atoms with E-state index in [4.69, 9.17) is 0 Å². The molecule has 5 aliphatic rings. The van der Waals surface area contributed by atoms with Crippen molar-refractivity contribution in [1.29, 1.82) is 0 Å². The van der Waals surface area contributed by atoms with E-state index in [1.165, 1.54) is 5.57 Å². The number of hydrogen-bond acceptors (Lipinski definition) is 4. The topological polar surface area (TPSA) is 91.7 Å². The molecule has 5 aliphatic carbocycles. The Bertz CT molecular complexity index is 1100. The smallest absolute Gasteiger partial charge is 0.309 e. The van der Waals surface area contributed by atoms with E-state index in [0.717, 1.165) is 32.1 Å². The van der Waals surface area contributed by atoms with Crippen molar-refractivity contribution >= 4 is 17.5 Å². The standard InChI is InChI=1S/C30H42O5/c1-25(2)21-8-9-30(7)22(28(21,5)16-20(32)23(25)33)19(31)14-17-18-15-27(4,24(34)35)11-10-26(18,3)12-13-29(17,30)6/h14,16,18,21-22,32H,8-13,15H2,1-7H3,(H,34,35)/t18-,21-,22+,26+,27-,28-,29+,30+/m0/s1. The molecule has 5 heteroatoms. The Balaban J connectivity index is 1.67. The summed E-state index contributed by atoms with van der Waals surface area (Å²) in [5.41, 5.74) is -1.47. The van der Waals surface area contributed by atoms with Crippen LogP contribution in [0.1, 0.15) is 93.4 Å². The molecule has 192 valence electrons. The number of Topliss-reactive ketones (excluding diaryl/α,β-unsaturated/α-hetero) is 1. The summed E-state index contributed by atoms with van der Waals surface area (Å²) in [5.74, 6) is -1.33. The lowest BCUT2D eigenvalue weighted by atomic mass is 9.34. The molecule has 0 aliphatic heterocycles.